The van der Waals surface area contributed by atoms with Crippen molar-refractivity contribution in [1.29, 1.82) is 0 Å². The SMILES string of the molecule is COc1ccc(Cl)cc1NC(=O)COC(=O)c1cc(-c2ccccc2)nn1-c1ccccc1. The number of carbonyl (C=O) groups is 2. The second kappa shape index (κ2) is 10.0. The van der Waals surface area contributed by atoms with E-state index in [9.17, 15) is 9.59 Å². The van der Waals surface area contributed by atoms with Gasteiger partial charge in [-0.05, 0) is 36.4 Å². The van der Waals surface area contributed by atoms with Gasteiger partial charge in [-0.25, -0.2) is 9.48 Å². The molecule has 4 rings (SSSR count). The van der Waals surface area contributed by atoms with Crippen LogP contribution in [0.25, 0.3) is 16.9 Å². The Balaban J connectivity index is 1.53. The van der Waals surface area contributed by atoms with Crippen LogP contribution >= 0.6 is 11.6 Å². The first-order valence-corrected chi connectivity index (χ1v) is 10.4. The van der Waals surface area contributed by atoms with Crippen LogP contribution in [0.15, 0.2) is 84.9 Å². The van der Waals surface area contributed by atoms with E-state index in [1.54, 1.807) is 24.3 Å². The lowest BCUT2D eigenvalue weighted by Gasteiger charge is -2.11. The lowest BCUT2D eigenvalue weighted by Crippen LogP contribution is -2.22. The number of nitrogens with zero attached hydrogens (tertiary/aromatic N) is 2. The first-order valence-electron chi connectivity index (χ1n) is 10.1. The molecular weight excluding hydrogens is 442 g/mol. The molecule has 0 aliphatic heterocycles. The normalized spacial score (nSPS) is 10.5. The van der Waals surface area contributed by atoms with Crippen molar-refractivity contribution in [3.63, 3.8) is 0 Å². The Kier molecular flexibility index (Phi) is 6.71. The molecule has 7 nitrogen and oxygen atoms in total. The van der Waals surface area contributed by atoms with Crippen LogP contribution in [0.3, 0.4) is 0 Å². The number of esters is 1. The van der Waals surface area contributed by atoms with E-state index in [1.807, 2.05) is 60.7 Å². The molecule has 0 saturated carbocycles. The molecule has 4 aromatic rings. The molecule has 166 valence electrons. The third kappa shape index (κ3) is 5.22. The Morgan fingerprint density at radius 1 is 0.970 bits per heavy atom. The molecular formula is C25H20ClN3O4. The van der Waals surface area contributed by atoms with Crippen molar-refractivity contribution in [3.05, 3.63) is 95.6 Å². The molecule has 3 aromatic carbocycles. The summed E-state index contributed by atoms with van der Waals surface area (Å²) in [6.45, 7) is -0.491. The van der Waals surface area contributed by atoms with E-state index in [1.165, 1.54) is 11.8 Å². The van der Waals surface area contributed by atoms with Gasteiger partial charge in [-0.1, -0.05) is 60.1 Å². The Bertz CT molecular complexity index is 1270. The van der Waals surface area contributed by atoms with Crippen molar-refractivity contribution in [2.45, 2.75) is 0 Å². The number of ether oxygens (including phenoxy) is 2. The summed E-state index contributed by atoms with van der Waals surface area (Å²) >= 11 is 5.99. The molecule has 0 atom stereocenters. The number of para-hydroxylation sites is 1. The van der Waals surface area contributed by atoms with Gasteiger partial charge in [0.25, 0.3) is 5.91 Å². The van der Waals surface area contributed by atoms with E-state index in [4.69, 9.17) is 21.1 Å². The standard InChI is InChI=1S/C25H20ClN3O4/c1-32-23-13-12-18(26)14-21(23)27-24(30)16-33-25(31)22-15-20(17-8-4-2-5-9-17)28-29(22)19-10-6-3-7-11-19/h2-15H,16H2,1H3,(H,27,30). The molecule has 0 spiro atoms. The minimum atomic E-state index is -0.679. The topological polar surface area (TPSA) is 82.4 Å². The van der Waals surface area contributed by atoms with E-state index in [0.29, 0.717) is 27.8 Å². The van der Waals surface area contributed by atoms with Crippen molar-refractivity contribution in [3.8, 4) is 22.7 Å². The minimum Gasteiger partial charge on any atom is -0.495 e. The average molecular weight is 462 g/mol. The third-order valence-corrected chi connectivity index (χ3v) is 4.99. The predicted molar refractivity (Wildman–Crippen MR) is 126 cm³/mol. The highest BCUT2D eigenvalue weighted by Gasteiger charge is 2.20. The van der Waals surface area contributed by atoms with Crippen LogP contribution in [-0.4, -0.2) is 35.4 Å². The maximum absolute atomic E-state index is 12.9. The highest BCUT2D eigenvalue weighted by atomic mass is 35.5. The summed E-state index contributed by atoms with van der Waals surface area (Å²) in [4.78, 5) is 25.3. The zero-order valence-corrected chi connectivity index (χ0v) is 18.5. The lowest BCUT2D eigenvalue weighted by molar-refractivity contribution is -0.119. The Morgan fingerprint density at radius 2 is 1.67 bits per heavy atom. The fourth-order valence-corrected chi connectivity index (χ4v) is 3.38. The molecule has 1 heterocycles. The van der Waals surface area contributed by atoms with Gasteiger partial charge in [-0.3, -0.25) is 4.79 Å². The molecule has 1 amide bonds. The van der Waals surface area contributed by atoms with Crippen LogP contribution in [0.4, 0.5) is 5.69 Å². The fraction of sp³-hybridized carbons (Fsp3) is 0.0800. The number of rotatable bonds is 7. The van der Waals surface area contributed by atoms with E-state index in [-0.39, 0.29) is 5.69 Å². The van der Waals surface area contributed by atoms with Gasteiger partial charge >= 0.3 is 5.97 Å². The van der Waals surface area contributed by atoms with Gasteiger partial charge in [0.2, 0.25) is 0 Å². The molecule has 1 N–H and O–H groups in total. The quantitative estimate of drug-likeness (QED) is 0.392. The van der Waals surface area contributed by atoms with Crippen molar-refractivity contribution < 1.29 is 19.1 Å². The summed E-state index contributed by atoms with van der Waals surface area (Å²) in [5.41, 5.74) is 2.74. The van der Waals surface area contributed by atoms with Crippen LogP contribution in [-0.2, 0) is 9.53 Å². The molecule has 0 saturated heterocycles. The van der Waals surface area contributed by atoms with E-state index in [2.05, 4.69) is 10.4 Å². The Hall–Kier alpha value is -4.10. The molecule has 0 unspecified atom stereocenters. The smallest absolute Gasteiger partial charge is 0.357 e. The summed E-state index contributed by atoms with van der Waals surface area (Å²) in [5.74, 6) is -0.770. The maximum Gasteiger partial charge on any atom is 0.357 e. The molecule has 0 aliphatic carbocycles. The van der Waals surface area contributed by atoms with Crippen molar-refractivity contribution >= 4 is 29.2 Å². The highest BCUT2D eigenvalue weighted by molar-refractivity contribution is 6.31. The molecule has 0 bridgehead atoms. The molecule has 1 aromatic heterocycles. The number of hydrogen-bond acceptors (Lipinski definition) is 5. The fourth-order valence-electron chi connectivity index (χ4n) is 3.21. The first-order chi connectivity index (χ1) is 16.0. The summed E-state index contributed by atoms with van der Waals surface area (Å²) in [5, 5.41) is 7.66. The number of carbonyl (C=O) groups excluding carboxylic acids is 2. The second-order valence-corrected chi connectivity index (χ2v) is 7.43. The Morgan fingerprint density at radius 3 is 2.36 bits per heavy atom. The zero-order valence-electron chi connectivity index (χ0n) is 17.7. The summed E-state index contributed by atoms with van der Waals surface area (Å²) in [6, 6.07) is 25.2. The van der Waals surface area contributed by atoms with Gasteiger partial charge in [0.15, 0.2) is 12.3 Å². The van der Waals surface area contributed by atoms with Gasteiger partial charge in [-0.15, -0.1) is 0 Å². The van der Waals surface area contributed by atoms with Crippen LogP contribution in [0.1, 0.15) is 10.5 Å². The van der Waals surface area contributed by atoms with Crippen molar-refractivity contribution in [2.24, 2.45) is 0 Å². The number of aromatic nitrogens is 2. The largest absolute Gasteiger partial charge is 0.495 e. The van der Waals surface area contributed by atoms with Crippen LogP contribution in [0, 0.1) is 0 Å². The molecule has 0 radical (unpaired) electrons. The molecule has 8 heteroatoms. The molecule has 0 aliphatic rings. The molecule has 0 fully saturated rings. The summed E-state index contributed by atoms with van der Waals surface area (Å²) in [7, 11) is 1.48. The number of methoxy groups -OCH3 is 1. The number of nitrogens with one attached hydrogen (secondary N) is 1. The minimum absolute atomic E-state index is 0.202. The number of halogens is 1. The second-order valence-electron chi connectivity index (χ2n) is 7.00. The maximum atomic E-state index is 12.9. The van der Waals surface area contributed by atoms with Gasteiger partial charge in [-0.2, -0.15) is 5.10 Å². The number of benzene rings is 3. The zero-order chi connectivity index (χ0) is 23.2. The lowest BCUT2D eigenvalue weighted by atomic mass is 10.1. The molecule has 33 heavy (non-hydrogen) atoms. The predicted octanol–water partition coefficient (Wildman–Crippen LogP) is 5.00. The number of anilines is 1. The van der Waals surface area contributed by atoms with Gasteiger partial charge in [0.1, 0.15) is 5.75 Å². The van der Waals surface area contributed by atoms with Crippen molar-refractivity contribution in [2.75, 3.05) is 19.0 Å². The highest BCUT2D eigenvalue weighted by Crippen LogP contribution is 2.27. The van der Waals surface area contributed by atoms with Gasteiger partial charge < -0.3 is 14.8 Å². The number of hydrogen-bond donors (Lipinski definition) is 1. The summed E-state index contributed by atoms with van der Waals surface area (Å²) in [6.07, 6.45) is 0. The van der Waals surface area contributed by atoms with Crippen LogP contribution < -0.4 is 10.1 Å². The van der Waals surface area contributed by atoms with Gasteiger partial charge in [0, 0.05) is 10.6 Å². The Labute approximate surface area is 195 Å². The third-order valence-electron chi connectivity index (χ3n) is 4.76. The van der Waals surface area contributed by atoms with E-state index >= 15 is 0 Å². The van der Waals surface area contributed by atoms with Crippen molar-refractivity contribution in [1.82, 2.24) is 9.78 Å². The van der Waals surface area contributed by atoms with Crippen LogP contribution in [0.5, 0.6) is 5.75 Å². The average Bonchev–Trinajstić information content (AvgIpc) is 3.30. The monoisotopic (exact) mass is 461 g/mol. The summed E-state index contributed by atoms with van der Waals surface area (Å²) < 4.78 is 12.0. The van der Waals surface area contributed by atoms with Gasteiger partial charge in [0.05, 0.1) is 24.2 Å². The van der Waals surface area contributed by atoms with E-state index < -0.39 is 18.5 Å². The first kappa shape index (κ1) is 22.1. The number of amides is 1. The van der Waals surface area contributed by atoms with E-state index in [0.717, 1.165) is 5.56 Å². The van der Waals surface area contributed by atoms with Crippen LogP contribution in [0.2, 0.25) is 5.02 Å².